The van der Waals surface area contributed by atoms with Gasteiger partial charge in [-0.2, -0.15) is 0 Å². The molecule has 2 N–H and O–H groups in total. The zero-order chi connectivity index (χ0) is 27.1. The van der Waals surface area contributed by atoms with Crippen LogP contribution >= 0.6 is 0 Å². The van der Waals surface area contributed by atoms with Crippen molar-refractivity contribution in [2.75, 3.05) is 0 Å². The molecule has 1 aromatic rings. The number of carbonyl (C=O) groups is 3. The summed E-state index contributed by atoms with van der Waals surface area (Å²) in [6.45, 7) is 6.05. The maximum atomic E-state index is 12.8. The minimum Gasteiger partial charge on any atom is -0.480 e. The number of benzene rings is 1. The second-order valence-corrected chi connectivity index (χ2v) is 11.4. The number of aliphatic carboxylic acids is 1. The highest BCUT2D eigenvalue weighted by atomic mass is 17.3. The van der Waals surface area contributed by atoms with Gasteiger partial charge in [0.25, 0.3) is 0 Å². The lowest BCUT2D eigenvalue weighted by atomic mass is 9.58. The molecule has 4 heterocycles. The average Bonchev–Trinajstić information content (AvgIpc) is 3.12. The lowest BCUT2D eigenvalue weighted by molar-refractivity contribution is -0.576. The number of fused-ring (bicyclic) bond motifs is 2. The number of amides is 1. The van der Waals surface area contributed by atoms with Gasteiger partial charge in [0.15, 0.2) is 11.9 Å². The topological polar surface area (TPSA) is 130 Å². The average molecular weight is 532 g/mol. The van der Waals surface area contributed by atoms with Crippen LogP contribution in [0.15, 0.2) is 30.3 Å². The van der Waals surface area contributed by atoms with Crippen LogP contribution in [0, 0.1) is 23.7 Å². The zero-order valence-corrected chi connectivity index (χ0v) is 22.1. The van der Waals surface area contributed by atoms with Crippen molar-refractivity contribution >= 4 is 17.8 Å². The van der Waals surface area contributed by atoms with Gasteiger partial charge in [0.2, 0.25) is 18.0 Å². The van der Waals surface area contributed by atoms with Crippen LogP contribution in [0.3, 0.4) is 0 Å². The van der Waals surface area contributed by atoms with Crippen LogP contribution in [0.1, 0.15) is 64.9 Å². The normalized spacial score (nSPS) is 38.4. The quantitative estimate of drug-likeness (QED) is 0.383. The molecule has 0 unspecified atom stereocenters. The first-order valence-electron chi connectivity index (χ1n) is 13.6. The monoisotopic (exact) mass is 531 g/mol. The van der Waals surface area contributed by atoms with Crippen molar-refractivity contribution in [2.24, 2.45) is 23.7 Å². The van der Waals surface area contributed by atoms with Crippen molar-refractivity contribution in [3.8, 4) is 0 Å². The minimum atomic E-state index is -1.14. The van der Waals surface area contributed by atoms with Crippen molar-refractivity contribution < 1.29 is 43.5 Å². The van der Waals surface area contributed by atoms with Crippen molar-refractivity contribution in [1.29, 1.82) is 0 Å². The summed E-state index contributed by atoms with van der Waals surface area (Å²) >= 11 is 0. The van der Waals surface area contributed by atoms with Gasteiger partial charge in [-0.25, -0.2) is 14.6 Å². The van der Waals surface area contributed by atoms with Gasteiger partial charge >= 0.3 is 11.9 Å². The van der Waals surface area contributed by atoms with Crippen LogP contribution in [0.2, 0.25) is 0 Å². The van der Waals surface area contributed by atoms with Crippen molar-refractivity contribution in [3.63, 3.8) is 0 Å². The number of carboxylic acid groups (broad SMARTS) is 1. The van der Waals surface area contributed by atoms with Crippen LogP contribution < -0.4 is 5.32 Å². The predicted octanol–water partition coefficient (Wildman–Crippen LogP) is 3.33. The summed E-state index contributed by atoms with van der Waals surface area (Å²) in [4.78, 5) is 48.8. The number of hydrogen-bond acceptors (Lipinski definition) is 8. The van der Waals surface area contributed by atoms with Crippen LogP contribution in [-0.2, 0) is 44.8 Å². The molecule has 4 saturated heterocycles. The largest absolute Gasteiger partial charge is 0.480 e. The molecule has 1 amide bonds. The number of nitrogens with one attached hydrogen (secondary N) is 1. The number of hydrogen-bond donors (Lipinski definition) is 2. The van der Waals surface area contributed by atoms with E-state index in [-0.39, 0.29) is 37.0 Å². The summed E-state index contributed by atoms with van der Waals surface area (Å²) in [6, 6.07) is 7.95. The molecule has 1 spiro atoms. The highest BCUT2D eigenvalue weighted by Crippen LogP contribution is 2.60. The highest BCUT2D eigenvalue weighted by Gasteiger charge is 2.69. The van der Waals surface area contributed by atoms with E-state index in [4.69, 9.17) is 24.0 Å². The van der Waals surface area contributed by atoms with E-state index in [2.05, 4.69) is 12.2 Å². The molecule has 5 aliphatic rings. The fourth-order valence-corrected chi connectivity index (χ4v) is 6.73. The van der Waals surface area contributed by atoms with Crippen molar-refractivity contribution in [1.82, 2.24) is 5.32 Å². The van der Waals surface area contributed by atoms with Gasteiger partial charge in [-0.3, -0.25) is 9.59 Å². The second-order valence-electron chi connectivity index (χ2n) is 11.4. The Balaban J connectivity index is 1.19. The maximum absolute atomic E-state index is 12.8. The number of carbonyl (C=O) groups excluding carboxylic acids is 2. The summed E-state index contributed by atoms with van der Waals surface area (Å²) < 4.78 is 18.2. The van der Waals surface area contributed by atoms with Gasteiger partial charge in [0, 0.05) is 31.1 Å². The SMILES string of the molecule is C[C@H]1[C@H](OC(=O)CCC(=O)N[C@@H](Cc2ccccc2)C(=O)O)O[C@H]2O[C@@]3(C)CC[C@H]4[C@@H](C)CC[C@H]1[C@]24OO3. The molecule has 2 bridgehead atoms. The molecule has 0 aromatic heterocycles. The Hall–Kier alpha value is -2.53. The first kappa shape index (κ1) is 27.1. The third-order valence-corrected chi connectivity index (χ3v) is 8.82. The van der Waals surface area contributed by atoms with Gasteiger partial charge in [-0.1, -0.05) is 44.2 Å². The molecular weight excluding hydrogens is 494 g/mol. The van der Waals surface area contributed by atoms with Gasteiger partial charge < -0.3 is 24.6 Å². The molecule has 10 nitrogen and oxygen atoms in total. The summed E-state index contributed by atoms with van der Waals surface area (Å²) in [7, 11) is 0. The Kier molecular flexibility index (Phi) is 7.52. The fourth-order valence-electron chi connectivity index (χ4n) is 6.73. The summed E-state index contributed by atoms with van der Waals surface area (Å²) in [6.07, 6.45) is 1.67. The van der Waals surface area contributed by atoms with Crippen LogP contribution in [-0.4, -0.2) is 53.0 Å². The maximum Gasteiger partial charge on any atom is 0.326 e. The predicted molar refractivity (Wildman–Crippen MR) is 132 cm³/mol. The minimum absolute atomic E-state index is 0.0144. The standard InChI is InChI=1S/C28H37NO9/c1-16-9-10-20-17(2)25(35-26-28(20)19(16)13-14-27(3,36-26)37-38-28)34-23(31)12-11-22(30)29-21(24(32)33)15-18-7-5-4-6-8-18/h4-8,16-17,19-21,25-26H,9-15H2,1-3H3,(H,29,30)(H,32,33)/t16-,17+,19-,20+,21-,25+,26-,27+,28-/m0/s1. The fraction of sp³-hybridized carbons (Fsp3) is 0.679. The Labute approximate surface area is 222 Å². The van der Waals surface area contributed by atoms with Crippen molar-refractivity contribution in [3.05, 3.63) is 35.9 Å². The number of carboxylic acids is 1. The number of ether oxygens (including phenoxy) is 3. The van der Waals surface area contributed by atoms with E-state index < -0.39 is 47.9 Å². The van der Waals surface area contributed by atoms with E-state index in [0.717, 1.165) is 24.8 Å². The van der Waals surface area contributed by atoms with E-state index in [1.54, 1.807) is 24.3 Å². The molecule has 38 heavy (non-hydrogen) atoms. The Morgan fingerprint density at radius 2 is 1.84 bits per heavy atom. The van der Waals surface area contributed by atoms with E-state index in [0.29, 0.717) is 12.3 Å². The molecular formula is C28H37NO9. The molecule has 208 valence electrons. The number of esters is 1. The summed E-state index contributed by atoms with van der Waals surface area (Å²) in [5.41, 5.74) is 0.0401. The molecule has 6 rings (SSSR count). The molecule has 1 saturated carbocycles. The first-order valence-corrected chi connectivity index (χ1v) is 13.6. The Bertz CT molecular complexity index is 1050. The van der Waals surface area contributed by atoms with Gasteiger partial charge in [-0.15, -0.1) is 0 Å². The van der Waals surface area contributed by atoms with Crippen molar-refractivity contribution in [2.45, 2.75) is 95.7 Å². The molecule has 5 fully saturated rings. The molecule has 10 heteroatoms. The molecule has 4 aliphatic heterocycles. The Morgan fingerprint density at radius 3 is 2.58 bits per heavy atom. The molecule has 9 atom stereocenters. The van der Waals surface area contributed by atoms with Gasteiger partial charge in [0.05, 0.1) is 6.42 Å². The van der Waals surface area contributed by atoms with Gasteiger partial charge in [0.1, 0.15) is 6.04 Å². The third kappa shape index (κ3) is 5.06. The number of rotatable bonds is 8. The first-order chi connectivity index (χ1) is 18.1. The van der Waals surface area contributed by atoms with E-state index in [9.17, 15) is 19.5 Å². The summed E-state index contributed by atoms with van der Waals surface area (Å²) in [5, 5.41) is 12.0. The van der Waals surface area contributed by atoms with Crippen LogP contribution in [0.5, 0.6) is 0 Å². The van der Waals surface area contributed by atoms with Gasteiger partial charge in [-0.05, 0) is 43.6 Å². The van der Waals surface area contributed by atoms with Crippen LogP contribution in [0.4, 0.5) is 0 Å². The zero-order valence-electron chi connectivity index (χ0n) is 22.1. The lowest BCUT2D eigenvalue weighted by Gasteiger charge is -2.59. The molecule has 1 aromatic carbocycles. The second kappa shape index (κ2) is 10.6. The Morgan fingerprint density at radius 1 is 1.08 bits per heavy atom. The van der Waals surface area contributed by atoms with E-state index >= 15 is 0 Å². The smallest absolute Gasteiger partial charge is 0.326 e. The van der Waals surface area contributed by atoms with E-state index in [1.165, 1.54) is 0 Å². The highest BCUT2D eigenvalue weighted by molar-refractivity contribution is 5.86. The van der Waals surface area contributed by atoms with E-state index in [1.807, 2.05) is 19.9 Å². The van der Waals surface area contributed by atoms with Crippen LogP contribution in [0.25, 0.3) is 0 Å². The molecule has 1 aliphatic carbocycles. The molecule has 0 radical (unpaired) electrons. The lowest BCUT2D eigenvalue weighted by Crippen LogP contribution is -2.70. The summed E-state index contributed by atoms with van der Waals surface area (Å²) in [5.74, 6) is -2.72. The third-order valence-electron chi connectivity index (χ3n) is 8.82.